The highest BCUT2D eigenvalue weighted by Crippen LogP contribution is 2.37. The van der Waals surface area contributed by atoms with Gasteiger partial charge in [-0.05, 0) is 35.9 Å². The third-order valence-corrected chi connectivity index (χ3v) is 4.54. The molecule has 0 aromatic heterocycles. The number of nitrogens with two attached hydrogens (primary N) is 1. The minimum atomic E-state index is -0.321. The Balaban J connectivity index is 1.82. The van der Waals surface area contributed by atoms with Crippen molar-refractivity contribution in [1.29, 1.82) is 0 Å². The van der Waals surface area contributed by atoms with Crippen LogP contribution in [0.4, 0.5) is 10.1 Å². The highest BCUT2D eigenvalue weighted by molar-refractivity contribution is 7.98. The summed E-state index contributed by atoms with van der Waals surface area (Å²) in [5.74, 6) is 1.31. The number of benzene rings is 2. The summed E-state index contributed by atoms with van der Waals surface area (Å²) in [4.78, 5) is 0.859. The lowest BCUT2D eigenvalue weighted by Gasteiger charge is -2.10. The predicted molar refractivity (Wildman–Crippen MR) is 81.0 cm³/mol. The second kappa shape index (κ2) is 5.54. The van der Waals surface area contributed by atoms with Crippen LogP contribution in [0, 0.1) is 5.82 Å². The summed E-state index contributed by atoms with van der Waals surface area (Å²) in [5, 5.41) is 0.719. The van der Waals surface area contributed by atoms with Crippen molar-refractivity contribution in [1.82, 2.24) is 0 Å². The summed E-state index contributed by atoms with van der Waals surface area (Å²) in [6.45, 7) is 0.700. The van der Waals surface area contributed by atoms with Gasteiger partial charge in [0, 0.05) is 33.3 Å². The quantitative estimate of drug-likeness (QED) is 0.678. The van der Waals surface area contributed by atoms with Gasteiger partial charge in [-0.15, -0.1) is 11.8 Å². The van der Waals surface area contributed by atoms with E-state index in [0.717, 1.165) is 33.2 Å². The van der Waals surface area contributed by atoms with E-state index in [1.165, 1.54) is 12.1 Å². The zero-order valence-corrected chi connectivity index (χ0v) is 12.2. The van der Waals surface area contributed by atoms with E-state index < -0.39 is 0 Å². The van der Waals surface area contributed by atoms with Gasteiger partial charge in [-0.25, -0.2) is 4.39 Å². The Labute approximate surface area is 126 Å². The molecule has 0 amide bonds. The Morgan fingerprint density at radius 1 is 1.30 bits per heavy atom. The molecule has 0 spiro atoms. The molecule has 0 saturated heterocycles. The maximum atomic E-state index is 13.0. The molecule has 5 heteroatoms. The highest BCUT2D eigenvalue weighted by Gasteiger charge is 2.17. The van der Waals surface area contributed by atoms with Crippen LogP contribution in [0.3, 0.4) is 0 Å². The molecule has 0 fully saturated rings. The Hall–Kier alpha value is -1.39. The molecule has 0 aliphatic carbocycles. The molecule has 0 atom stereocenters. The molecule has 0 bridgehead atoms. The molecule has 2 nitrogen and oxygen atoms in total. The van der Waals surface area contributed by atoms with E-state index in [0.29, 0.717) is 18.0 Å². The van der Waals surface area contributed by atoms with Gasteiger partial charge in [0.1, 0.15) is 11.6 Å². The molecule has 2 aromatic carbocycles. The molecule has 20 heavy (non-hydrogen) atoms. The lowest BCUT2D eigenvalue weighted by atomic mass is 10.1. The fourth-order valence-corrected chi connectivity index (χ4v) is 3.44. The number of anilines is 1. The molecule has 2 aromatic rings. The van der Waals surface area contributed by atoms with Crippen LogP contribution >= 0.6 is 23.4 Å². The molecular weight excluding hydrogens is 297 g/mol. The summed E-state index contributed by atoms with van der Waals surface area (Å²) in [7, 11) is 0. The van der Waals surface area contributed by atoms with E-state index in [4.69, 9.17) is 22.1 Å². The Morgan fingerprint density at radius 3 is 2.95 bits per heavy atom. The van der Waals surface area contributed by atoms with Crippen molar-refractivity contribution in [3.63, 3.8) is 0 Å². The molecule has 0 radical (unpaired) electrons. The molecule has 0 unspecified atom stereocenters. The first-order valence-electron chi connectivity index (χ1n) is 6.25. The topological polar surface area (TPSA) is 35.2 Å². The van der Waals surface area contributed by atoms with Crippen molar-refractivity contribution < 1.29 is 9.13 Å². The largest absolute Gasteiger partial charge is 0.493 e. The summed E-state index contributed by atoms with van der Waals surface area (Å²) in [6.07, 6.45) is 0.895. The van der Waals surface area contributed by atoms with Gasteiger partial charge in [0.15, 0.2) is 0 Å². The average Bonchev–Trinajstić information content (AvgIpc) is 2.85. The minimum Gasteiger partial charge on any atom is -0.493 e. The summed E-state index contributed by atoms with van der Waals surface area (Å²) in [5.41, 5.74) is 8.47. The van der Waals surface area contributed by atoms with E-state index >= 15 is 0 Å². The third kappa shape index (κ3) is 2.72. The predicted octanol–water partition coefficient (Wildman–Crippen LogP) is 4.29. The molecule has 1 aliphatic heterocycles. The summed E-state index contributed by atoms with van der Waals surface area (Å²) in [6, 6.07) is 8.31. The van der Waals surface area contributed by atoms with Gasteiger partial charge >= 0.3 is 0 Å². The Kier molecular flexibility index (Phi) is 3.76. The van der Waals surface area contributed by atoms with E-state index in [9.17, 15) is 4.39 Å². The van der Waals surface area contributed by atoms with Crippen LogP contribution < -0.4 is 10.5 Å². The van der Waals surface area contributed by atoms with Crippen LogP contribution in [0.1, 0.15) is 11.1 Å². The number of nitrogen functional groups attached to an aromatic ring is 1. The fraction of sp³-hybridized carbons (Fsp3) is 0.200. The van der Waals surface area contributed by atoms with Gasteiger partial charge in [0.25, 0.3) is 0 Å². The van der Waals surface area contributed by atoms with Crippen LogP contribution in [0.25, 0.3) is 0 Å². The van der Waals surface area contributed by atoms with E-state index in [2.05, 4.69) is 0 Å². The van der Waals surface area contributed by atoms with Crippen molar-refractivity contribution in [2.24, 2.45) is 0 Å². The van der Waals surface area contributed by atoms with Gasteiger partial charge in [-0.1, -0.05) is 11.6 Å². The van der Waals surface area contributed by atoms with Crippen molar-refractivity contribution in [3.05, 3.63) is 52.3 Å². The minimum absolute atomic E-state index is 0.321. The normalized spacial score (nSPS) is 13.1. The SMILES string of the molecule is Nc1cc(F)ccc1SCc1cc(Cl)cc2c1OCC2. The Morgan fingerprint density at radius 2 is 2.15 bits per heavy atom. The smallest absolute Gasteiger partial charge is 0.126 e. The summed E-state index contributed by atoms with van der Waals surface area (Å²) >= 11 is 7.68. The fourth-order valence-electron chi connectivity index (χ4n) is 2.26. The monoisotopic (exact) mass is 309 g/mol. The first kappa shape index (κ1) is 13.6. The molecule has 1 aliphatic rings. The molecular formula is C15H13ClFNOS. The third-order valence-electron chi connectivity index (χ3n) is 3.18. The van der Waals surface area contributed by atoms with Crippen LogP contribution in [0.2, 0.25) is 5.02 Å². The van der Waals surface area contributed by atoms with Crippen LogP contribution in [-0.4, -0.2) is 6.61 Å². The zero-order chi connectivity index (χ0) is 14.1. The standard InChI is InChI=1S/C15H13ClFNOS/c16-11-5-9-3-4-19-15(9)10(6-11)8-20-14-2-1-12(17)7-13(14)18/h1-2,5-7H,3-4,8,18H2. The zero-order valence-electron chi connectivity index (χ0n) is 10.7. The second-order valence-corrected chi connectivity index (χ2v) is 6.08. The lowest BCUT2D eigenvalue weighted by Crippen LogP contribution is -1.93. The number of ether oxygens (including phenoxy) is 1. The first-order valence-corrected chi connectivity index (χ1v) is 7.62. The van der Waals surface area contributed by atoms with Crippen LogP contribution in [-0.2, 0) is 12.2 Å². The van der Waals surface area contributed by atoms with E-state index in [1.54, 1.807) is 17.8 Å². The van der Waals surface area contributed by atoms with Crippen LogP contribution in [0.5, 0.6) is 5.75 Å². The number of hydrogen-bond acceptors (Lipinski definition) is 3. The van der Waals surface area contributed by atoms with Gasteiger partial charge < -0.3 is 10.5 Å². The van der Waals surface area contributed by atoms with Crippen LogP contribution in [0.15, 0.2) is 35.2 Å². The van der Waals surface area contributed by atoms with Crippen molar-refractivity contribution >= 4 is 29.1 Å². The maximum Gasteiger partial charge on any atom is 0.126 e. The maximum absolute atomic E-state index is 13.0. The second-order valence-electron chi connectivity index (χ2n) is 4.62. The molecule has 1 heterocycles. The van der Waals surface area contributed by atoms with Gasteiger partial charge in [0.2, 0.25) is 0 Å². The molecule has 104 valence electrons. The molecule has 3 rings (SSSR count). The highest BCUT2D eigenvalue weighted by atomic mass is 35.5. The lowest BCUT2D eigenvalue weighted by molar-refractivity contribution is 0.354. The average molecular weight is 310 g/mol. The van der Waals surface area contributed by atoms with Gasteiger partial charge in [-0.2, -0.15) is 0 Å². The molecule has 2 N–H and O–H groups in total. The first-order chi connectivity index (χ1) is 9.63. The van der Waals surface area contributed by atoms with Crippen molar-refractivity contribution in [2.75, 3.05) is 12.3 Å². The van der Waals surface area contributed by atoms with Crippen molar-refractivity contribution in [2.45, 2.75) is 17.1 Å². The number of rotatable bonds is 3. The van der Waals surface area contributed by atoms with Gasteiger partial charge in [0.05, 0.1) is 6.61 Å². The number of fused-ring (bicyclic) bond motifs is 1. The molecule has 0 saturated carbocycles. The van der Waals surface area contributed by atoms with Gasteiger partial charge in [-0.3, -0.25) is 0 Å². The number of hydrogen-bond donors (Lipinski definition) is 1. The Bertz CT molecular complexity index is 663. The van der Waals surface area contributed by atoms with E-state index in [1.807, 2.05) is 12.1 Å². The summed E-state index contributed by atoms with van der Waals surface area (Å²) < 4.78 is 18.7. The van der Waals surface area contributed by atoms with E-state index in [-0.39, 0.29) is 5.82 Å². The number of thioether (sulfide) groups is 1. The number of halogens is 2. The van der Waals surface area contributed by atoms with Crippen molar-refractivity contribution in [3.8, 4) is 5.75 Å².